The van der Waals surface area contributed by atoms with Crippen LogP contribution in [-0.2, 0) is 19.1 Å². The third kappa shape index (κ3) is 38.5. The molecule has 0 radical (unpaired) electrons. The zero-order valence-electron chi connectivity index (χ0n) is 43.9. The van der Waals surface area contributed by atoms with Crippen LogP contribution in [0.3, 0.4) is 0 Å². The van der Waals surface area contributed by atoms with E-state index in [0.29, 0.717) is 23.9 Å². The standard InChI is InChI=1S/C58H114NO4/c1-7-13-16-19-22-25-28-31-32-33-34-37-40-43-46-49-54-62-58(61)56(59(10-4,11-5)12-6)52-53-57(60)63-55(50-47-44-41-38-35-29-26-23-20-17-14-8-2)51-48-45-42-39-36-30-27-24-21-18-15-9-3/h31-32,55-56H,7-30,33-54H2,1-6H3/q+1. The smallest absolute Gasteiger partial charge is 0.364 e. The summed E-state index contributed by atoms with van der Waals surface area (Å²) >= 11 is 0. The molecule has 63 heavy (non-hydrogen) atoms. The summed E-state index contributed by atoms with van der Waals surface area (Å²) in [5.41, 5.74) is 0. The number of nitrogens with zero attached hydrogens (tertiary/aromatic N) is 1. The minimum Gasteiger partial charge on any atom is -0.462 e. The van der Waals surface area contributed by atoms with Crippen LogP contribution in [-0.4, -0.2) is 54.8 Å². The van der Waals surface area contributed by atoms with Crippen LogP contribution in [0.25, 0.3) is 0 Å². The molecule has 0 aliphatic carbocycles. The Morgan fingerprint density at radius 3 is 1.06 bits per heavy atom. The van der Waals surface area contributed by atoms with Gasteiger partial charge in [0.1, 0.15) is 6.10 Å². The van der Waals surface area contributed by atoms with E-state index in [1.807, 2.05) is 0 Å². The van der Waals surface area contributed by atoms with Crippen LogP contribution in [0.15, 0.2) is 12.2 Å². The summed E-state index contributed by atoms with van der Waals surface area (Å²) in [6, 6.07) is -0.321. The zero-order chi connectivity index (χ0) is 46.2. The van der Waals surface area contributed by atoms with Crippen LogP contribution in [0.5, 0.6) is 0 Å². The molecule has 0 aromatic heterocycles. The van der Waals surface area contributed by atoms with E-state index in [4.69, 9.17) is 9.47 Å². The van der Waals surface area contributed by atoms with Crippen molar-refractivity contribution in [3.05, 3.63) is 12.2 Å². The number of allylic oxidation sites excluding steroid dienone is 2. The molecule has 0 N–H and O–H groups in total. The van der Waals surface area contributed by atoms with Crippen molar-refractivity contribution in [3.8, 4) is 0 Å². The number of likely N-dealkylation sites (N-methyl/N-ethyl adjacent to an activating group) is 1. The van der Waals surface area contributed by atoms with Crippen LogP contribution in [0.2, 0.25) is 0 Å². The van der Waals surface area contributed by atoms with E-state index in [1.165, 1.54) is 218 Å². The molecule has 374 valence electrons. The molecule has 0 aliphatic rings. The average molecular weight is 890 g/mol. The van der Waals surface area contributed by atoms with E-state index in [9.17, 15) is 9.59 Å². The first-order valence-electron chi connectivity index (χ1n) is 28.8. The Hall–Kier alpha value is -1.36. The highest BCUT2D eigenvalue weighted by atomic mass is 16.5. The largest absolute Gasteiger partial charge is 0.462 e. The number of rotatable bonds is 51. The molecule has 0 aromatic carbocycles. The number of quaternary nitrogens is 1. The first kappa shape index (κ1) is 61.6. The normalized spacial score (nSPS) is 12.5. The van der Waals surface area contributed by atoms with Gasteiger partial charge in [0.25, 0.3) is 0 Å². The van der Waals surface area contributed by atoms with Gasteiger partial charge >= 0.3 is 11.9 Å². The molecule has 0 heterocycles. The van der Waals surface area contributed by atoms with Crippen LogP contribution in [0, 0.1) is 0 Å². The molecule has 0 aromatic rings. The average Bonchev–Trinajstić information content (AvgIpc) is 3.29. The van der Waals surface area contributed by atoms with Gasteiger partial charge in [-0.2, -0.15) is 0 Å². The maximum absolute atomic E-state index is 13.7. The van der Waals surface area contributed by atoms with E-state index >= 15 is 0 Å². The number of unbranched alkanes of at least 4 members (excludes halogenated alkanes) is 34. The van der Waals surface area contributed by atoms with Crippen molar-refractivity contribution in [2.45, 2.75) is 323 Å². The number of esters is 2. The molecule has 0 aliphatic heterocycles. The molecule has 0 rings (SSSR count). The molecule has 0 saturated heterocycles. The van der Waals surface area contributed by atoms with Gasteiger partial charge in [-0.15, -0.1) is 0 Å². The monoisotopic (exact) mass is 889 g/mol. The summed E-state index contributed by atoms with van der Waals surface area (Å²) in [6.45, 7) is 16.4. The number of hydrogen-bond donors (Lipinski definition) is 0. The number of carbonyl (C=O) groups excluding carboxylic acids is 2. The van der Waals surface area contributed by atoms with Gasteiger partial charge in [-0.1, -0.05) is 232 Å². The van der Waals surface area contributed by atoms with Crippen molar-refractivity contribution < 1.29 is 23.5 Å². The Kier molecular flexibility index (Phi) is 47.5. The lowest BCUT2D eigenvalue weighted by atomic mass is 10.0. The second-order valence-electron chi connectivity index (χ2n) is 19.8. The minimum atomic E-state index is -0.321. The van der Waals surface area contributed by atoms with E-state index in [0.717, 1.165) is 58.2 Å². The van der Waals surface area contributed by atoms with E-state index in [1.54, 1.807) is 0 Å². The molecular formula is C58H114NO4+. The molecule has 5 nitrogen and oxygen atoms in total. The van der Waals surface area contributed by atoms with Crippen molar-refractivity contribution in [2.75, 3.05) is 26.2 Å². The van der Waals surface area contributed by atoms with Crippen molar-refractivity contribution in [1.82, 2.24) is 0 Å². The first-order chi connectivity index (χ1) is 30.9. The maximum Gasteiger partial charge on any atom is 0.364 e. The molecule has 0 fully saturated rings. The number of carbonyl (C=O) groups is 2. The van der Waals surface area contributed by atoms with Crippen LogP contribution in [0.4, 0.5) is 0 Å². The van der Waals surface area contributed by atoms with Gasteiger partial charge < -0.3 is 14.0 Å². The molecular weight excluding hydrogens is 775 g/mol. The van der Waals surface area contributed by atoms with Gasteiger partial charge in [0.05, 0.1) is 32.7 Å². The van der Waals surface area contributed by atoms with Gasteiger partial charge in [-0.25, -0.2) is 4.79 Å². The highest BCUT2D eigenvalue weighted by Crippen LogP contribution is 2.23. The summed E-state index contributed by atoms with van der Waals surface area (Å²) in [7, 11) is 0. The minimum absolute atomic E-state index is 0.00304. The van der Waals surface area contributed by atoms with Gasteiger partial charge in [0.2, 0.25) is 0 Å². The predicted octanol–water partition coefficient (Wildman–Crippen LogP) is 18.7. The lowest BCUT2D eigenvalue weighted by Crippen LogP contribution is -2.59. The Morgan fingerprint density at radius 1 is 0.397 bits per heavy atom. The van der Waals surface area contributed by atoms with E-state index in [-0.39, 0.29) is 24.1 Å². The summed E-state index contributed by atoms with van der Waals surface area (Å²) in [5.74, 6) is -0.240. The molecule has 0 bridgehead atoms. The predicted molar refractivity (Wildman–Crippen MR) is 277 cm³/mol. The van der Waals surface area contributed by atoms with E-state index in [2.05, 4.69) is 53.7 Å². The lowest BCUT2D eigenvalue weighted by molar-refractivity contribution is -0.939. The molecule has 1 atom stereocenters. The fourth-order valence-corrected chi connectivity index (χ4v) is 9.75. The zero-order valence-corrected chi connectivity index (χ0v) is 43.9. The Labute approximate surface area is 395 Å². The van der Waals surface area contributed by atoms with E-state index < -0.39 is 0 Å². The quantitative estimate of drug-likeness (QED) is 0.0264. The first-order valence-corrected chi connectivity index (χ1v) is 28.8. The topological polar surface area (TPSA) is 52.6 Å². The molecule has 5 heteroatoms. The van der Waals surface area contributed by atoms with Crippen molar-refractivity contribution in [3.63, 3.8) is 0 Å². The van der Waals surface area contributed by atoms with Gasteiger partial charge in [0, 0.05) is 6.42 Å². The number of hydrogen-bond acceptors (Lipinski definition) is 4. The third-order valence-corrected chi connectivity index (χ3v) is 14.4. The third-order valence-electron chi connectivity index (χ3n) is 14.4. The molecule has 0 spiro atoms. The lowest BCUT2D eigenvalue weighted by Gasteiger charge is -2.41. The van der Waals surface area contributed by atoms with Crippen LogP contribution in [0.1, 0.15) is 311 Å². The van der Waals surface area contributed by atoms with Crippen molar-refractivity contribution in [2.24, 2.45) is 0 Å². The number of ether oxygens (including phenoxy) is 2. The van der Waals surface area contributed by atoms with Gasteiger partial charge in [-0.05, 0) is 78.6 Å². The highest BCUT2D eigenvalue weighted by Gasteiger charge is 2.40. The van der Waals surface area contributed by atoms with Gasteiger partial charge in [-0.3, -0.25) is 4.79 Å². The molecule has 0 saturated carbocycles. The van der Waals surface area contributed by atoms with Crippen LogP contribution < -0.4 is 0 Å². The summed E-state index contributed by atoms with van der Waals surface area (Å²) in [5, 5.41) is 0. The fourth-order valence-electron chi connectivity index (χ4n) is 9.75. The van der Waals surface area contributed by atoms with Gasteiger partial charge in [0.15, 0.2) is 6.04 Å². The second kappa shape index (κ2) is 48.6. The SMILES string of the molecule is CCCCCCCCC=CCCCCCCCCOC(=O)C(CCC(=O)OC(CCCCCCCCCCCCCC)CCCCCCCCCCCCCC)[N+](CC)(CC)CC. The Balaban J connectivity index is 4.82. The summed E-state index contributed by atoms with van der Waals surface area (Å²) in [4.78, 5) is 27.3. The fraction of sp³-hybridized carbons (Fsp3) is 0.931. The molecule has 1 unspecified atom stereocenters. The summed E-state index contributed by atoms with van der Waals surface area (Å²) < 4.78 is 12.9. The van der Waals surface area contributed by atoms with Crippen molar-refractivity contribution in [1.29, 1.82) is 0 Å². The molecule has 0 amide bonds. The highest BCUT2D eigenvalue weighted by molar-refractivity contribution is 5.76. The maximum atomic E-state index is 13.7. The summed E-state index contributed by atoms with van der Waals surface area (Å²) in [6.07, 6.45) is 57.4. The second-order valence-corrected chi connectivity index (χ2v) is 19.8. The Morgan fingerprint density at radius 2 is 0.714 bits per heavy atom. The Bertz CT molecular complexity index is 940. The van der Waals surface area contributed by atoms with Crippen molar-refractivity contribution >= 4 is 11.9 Å². The van der Waals surface area contributed by atoms with Crippen LogP contribution >= 0.6 is 0 Å².